The van der Waals surface area contributed by atoms with Gasteiger partial charge in [0.1, 0.15) is 0 Å². The number of aliphatic hydroxyl groups excluding tert-OH is 1. The third-order valence-corrected chi connectivity index (χ3v) is 7.73. The Bertz CT molecular complexity index is 1080. The summed E-state index contributed by atoms with van der Waals surface area (Å²) in [4.78, 5) is 43.4. The minimum Gasteiger partial charge on any atom is -0.388 e. The summed E-state index contributed by atoms with van der Waals surface area (Å²) in [6, 6.07) is 17.2. The van der Waals surface area contributed by atoms with Crippen molar-refractivity contribution in [3.05, 3.63) is 71.3 Å². The normalized spacial score (nSPS) is 21.8. The summed E-state index contributed by atoms with van der Waals surface area (Å²) in [6.07, 6.45) is 1.35. The average Bonchev–Trinajstić information content (AvgIpc) is 3.13. The second-order valence-electron chi connectivity index (χ2n) is 10.0. The van der Waals surface area contributed by atoms with Gasteiger partial charge in [-0.1, -0.05) is 54.6 Å². The predicted octanol–water partition coefficient (Wildman–Crippen LogP) is 3.39. The van der Waals surface area contributed by atoms with E-state index in [0.717, 1.165) is 16.7 Å². The average molecular weight is 493 g/mol. The van der Waals surface area contributed by atoms with Crippen LogP contribution in [-0.4, -0.2) is 66.0 Å². The number of carbonyl (C=O) groups is 3. The Labute approximate surface area is 213 Å². The molecule has 2 fully saturated rings. The molecule has 0 aliphatic carbocycles. The number of nitrogens with zero attached hydrogens (tertiary/aromatic N) is 2. The molecular formula is C29H36N2O5. The molecule has 7 nitrogen and oxygen atoms in total. The van der Waals surface area contributed by atoms with Gasteiger partial charge >= 0.3 is 0 Å². The van der Waals surface area contributed by atoms with Crippen molar-refractivity contribution in [2.45, 2.75) is 50.5 Å². The maximum Gasteiger partial charge on any atom is 0.240 e. The SMILES string of the molecule is COCCCN1C(=O)C[C@](CC(=O)N2CCC([C@@H](O)c3ccccc3)CC2)(c2ccccc2C)C1=O. The number of ether oxygens (including phenoxy) is 1. The zero-order chi connectivity index (χ0) is 25.7. The van der Waals surface area contributed by atoms with Gasteiger partial charge in [0.2, 0.25) is 17.7 Å². The van der Waals surface area contributed by atoms with E-state index >= 15 is 0 Å². The molecule has 2 atom stereocenters. The topological polar surface area (TPSA) is 87.2 Å². The van der Waals surface area contributed by atoms with E-state index in [2.05, 4.69) is 0 Å². The van der Waals surface area contributed by atoms with Gasteiger partial charge in [-0.25, -0.2) is 0 Å². The van der Waals surface area contributed by atoms with E-state index in [1.54, 1.807) is 12.0 Å². The first kappa shape index (κ1) is 26.0. The summed E-state index contributed by atoms with van der Waals surface area (Å²) in [5.74, 6) is -0.573. The number of hydrogen-bond acceptors (Lipinski definition) is 5. The van der Waals surface area contributed by atoms with Gasteiger partial charge in [0.15, 0.2) is 0 Å². The number of aliphatic hydroxyl groups is 1. The van der Waals surface area contributed by atoms with Crippen LogP contribution >= 0.6 is 0 Å². The molecule has 0 saturated carbocycles. The van der Waals surface area contributed by atoms with Crippen LogP contribution in [0.4, 0.5) is 0 Å². The number of methoxy groups -OCH3 is 1. The Hall–Kier alpha value is -3.03. The molecule has 2 aromatic rings. The van der Waals surface area contributed by atoms with Crippen LogP contribution in [0, 0.1) is 12.8 Å². The number of carbonyl (C=O) groups excluding carboxylic acids is 3. The van der Waals surface area contributed by atoms with Gasteiger partial charge in [0.25, 0.3) is 0 Å². The van der Waals surface area contributed by atoms with Crippen molar-refractivity contribution >= 4 is 17.7 Å². The molecule has 0 radical (unpaired) electrons. The fraction of sp³-hybridized carbons (Fsp3) is 0.483. The van der Waals surface area contributed by atoms with Gasteiger partial charge in [-0.3, -0.25) is 19.3 Å². The van der Waals surface area contributed by atoms with Gasteiger partial charge in [0.05, 0.1) is 11.5 Å². The number of imide groups is 1. The number of hydrogen-bond donors (Lipinski definition) is 1. The molecule has 36 heavy (non-hydrogen) atoms. The molecule has 2 aromatic carbocycles. The van der Waals surface area contributed by atoms with Crippen LogP contribution in [0.2, 0.25) is 0 Å². The predicted molar refractivity (Wildman–Crippen MR) is 136 cm³/mol. The minimum absolute atomic E-state index is 0.00139. The third-order valence-electron chi connectivity index (χ3n) is 7.73. The molecule has 0 spiro atoms. The standard InChI is InChI=1S/C29H36N2O5/c1-21-9-6-7-12-24(21)29(20-26(33)31(28(29)35)15-8-18-36-2)19-25(32)30-16-13-23(14-17-30)27(34)22-10-4-3-5-11-22/h3-7,9-12,23,27,34H,8,13-20H2,1-2H3/t27-,29+/m0/s1. The molecule has 3 amide bonds. The second kappa shape index (κ2) is 11.4. The van der Waals surface area contributed by atoms with E-state index in [4.69, 9.17) is 4.74 Å². The van der Waals surface area contributed by atoms with E-state index in [0.29, 0.717) is 39.0 Å². The molecule has 2 aliphatic rings. The molecule has 2 aliphatic heterocycles. The zero-order valence-electron chi connectivity index (χ0n) is 21.2. The van der Waals surface area contributed by atoms with Crippen LogP contribution in [0.5, 0.6) is 0 Å². The van der Waals surface area contributed by atoms with Crippen molar-refractivity contribution < 1.29 is 24.2 Å². The van der Waals surface area contributed by atoms with E-state index in [9.17, 15) is 19.5 Å². The lowest BCUT2D eigenvalue weighted by atomic mass is 9.73. The molecule has 2 saturated heterocycles. The summed E-state index contributed by atoms with van der Waals surface area (Å²) in [6.45, 7) is 3.71. The van der Waals surface area contributed by atoms with Gasteiger partial charge < -0.3 is 14.7 Å². The van der Waals surface area contributed by atoms with E-state index in [1.807, 2.05) is 61.5 Å². The highest BCUT2D eigenvalue weighted by Crippen LogP contribution is 2.42. The smallest absolute Gasteiger partial charge is 0.240 e. The molecule has 0 aromatic heterocycles. The first-order valence-corrected chi connectivity index (χ1v) is 12.8. The van der Waals surface area contributed by atoms with Crippen molar-refractivity contribution in [1.29, 1.82) is 0 Å². The minimum atomic E-state index is -1.19. The van der Waals surface area contributed by atoms with Crippen LogP contribution in [0.15, 0.2) is 54.6 Å². The lowest BCUT2D eigenvalue weighted by Crippen LogP contribution is -2.46. The highest BCUT2D eigenvalue weighted by atomic mass is 16.5. The summed E-state index contributed by atoms with van der Waals surface area (Å²) >= 11 is 0. The number of amides is 3. The van der Waals surface area contributed by atoms with Gasteiger partial charge in [-0.05, 0) is 48.8 Å². The van der Waals surface area contributed by atoms with E-state index in [1.165, 1.54) is 4.90 Å². The zero-order valence-corrected chi connectivity index (χ0v) is 21.2. The number of benzene rings is 2. The molecule has 192 valence electrons. The maximum absolute atomic E-state index is 13.8. The highest BCUT2D eigenvalue weighted by Gasteiger charge is 2.54. The van der Waals surface area contributed by atoms with Crippen LogP contribution in [-0.2, 0) is 24.5 Å². The van der Waals surface area contributed by atoms with Crippen LogP contribution in [0.25, 0.3) is 0 Å². The van der Waals surface area contributed by atoms with Crippen molar-refractivity contribution in [2.24, 2.45) is 5.92 Å². The lowest BCUT2D eigenvalue weighted by Gasteiger charge is -2.36. The van der Waals surface area contributed by atoms with Crippen molar-refractivity contribution in [3.8, 4) is 0 Å². The molecule has 0 bridgehead atoms. The number of piperidine rings is 1. The summed E-state index contributed by atoms with van der Waals surface area (Å²) in [5, 5.41) is 10.8. The van der Waals surface area contributed by atoms with Gasteiger partial charge in [0, 0.05) is 46.2 Å². The number of rotatable bonds is 9. The second-order valence-corrected chi connectivity index (χ2v) is 10.0. The molecule has 4 rings (SSSR count). The van der Waals surface area contributed by atoms with E-state index < -0.39 is 11.5 Å². The number of likely N-dealkylation sites (tertiary alicyclic amines) is 2. The molecular weight excluding hydrogens is 456 g/mol. The highest BCUT2D eigenvalue weighted by molar-refractivity contribution is 6.11. The van der Waals surface area contributed by atoms with Crippen LogP contribution in [0.3, 0.4) is 0 Å². The summed E-state index contributed by atoms with van der Waals surface area (Å²) < 4.78 is 5.10. The molecule has 0 unspecified atom stereocenters. The van der Waals surface area contributed by atoms with Gasteiger partial charge in [-0.15, -0.1) is 0 Å². The monoisotopic (exact) mass is 492 g/mol. The van der Waals surface area contributed by atoms with Crippen molar-refractivity contribution in [1.82, 2.24) is 9.80 Å². The number of aryl methyl sites for hydroxylation is 1. The van der Waals surface area contributed by atoms with Crippen LogP contribution < -0.4 is 0 Å². The Morgan fingerprint density at radius 2 is 1.75 bits per heavy atom. The maximum atomic E-state index is 13.8. The Balaban J connectivity index is 1.50. The quantitative estimate of drug-likeness (QED) is 0.428. The Morgan fingerprint density at radius 1 is 1.08 bits per heavy atom. The molecule has 1 N–H and O–H groups in total. The van der Waals surface area contributed by atoms with Gasteiger partial charge in [-0.2, -0.15) is 0 Å². The Kier molecular flexibility index (Phi) is 8.21. The molecule has 7 heteroatoms. The first-order chi connectivity index (χ1) is 17.4. The van der Waals surface area contributed by atoms with Crippen LogP contribution in [0.1, 0.15) is 54.9 Å². The summed E-state index contributed by atoms with van der Waals surface area (Å²) in [5.41, 5.74) is 1.35. The fourth-order valence-electron chi connectivity index (χ4n) is 5.70. The largest absolute Gasteiger partial charge is 0.388 e. The van der Waals surface area contributed by atoms with E-state index in [-0.39, 0.29) is 43.0 Å². The Morgan fingerprint density at radius 3 is 2.42 bits per heavy atom. The summed E-state index contributed by atoms with van der Waals surface area (Å²) in [7, 11) is 1.59. The van der Waals surface area contributed by atoms with Crippen molar-refractivity contribution in [2.75, 3.05) is 33.4 Å². The third kappa shape index (κ3) is 5.22. The lowest BCUT2D eigenvalue weighted by molar-refractivity contribution is -0.143. The molecule has 2 heterocycles. The van der Waals surface area contributed by atoms with Crippen molar-refractivity contribution in [3.63, 3.8) is 0 Å². The fourth-order valence-corrected chi connectivity index (χ4v) is 5.70. The first-order valence-electron chi connectivity index (χ1n) is 12.8.